The van der Waals surface area contributed by atoms with Gasteiger partial charge in [-0.1, -0.05) is 41.9 Å². The summed E-state index contributed by atoms with van der Waals surface area (Å²) in [4.78, 5) is 0. The van der Waals surface area contributed by atoms with Crippen molar-refractivity contribution in [2.75, 3.05) is 11.9 Å². The molecule has 0 aromatic heterocycles. The maximum absolute atomic E-state index is 10.1. The number of nitrogens with one attached hydrogen (secondary N) is 1. The molecule has 0 saturated heterocycles. The molecule has 1 atom stereocenters. The summed E-state index contributed by atoms with van der Waals surface area (Å²) >= 11 is 8.30. The Kier molecular flexibility index (Phi) is 4.86. The first-order chi connectivity index (χ1) is 8.68. The van der Waals surface area contributed by atoms with Gasteiger partial charge in [-0.25, -0.2) is 0 Å². The fourth-order valence-corrected chi connectivity index (χ4v) is 2.51. The first kappa shape index (κ1) is 13.6. The molecule has 4 heteroatoms. The number of benzene rings is 2. The summed E-state index contributed by atoms with van der Waals surface area (Å²) in [6.45, 7) is 0.434. The third-order valence-electron chi connectivity index (χ3n) is 2.62. The predicted molar refractivity (Wildman–Crippen MR) is 84.1 cm³/mol. The van der Waals surface area contributed by atoms with E-state index in [1.54, 1.807) is 6.07 Å². The van der Waals surface area contributed by atoms with Crippen LogP contribution in [0.5, 0.6) is 0 Å². The van der Waals surface area contributed by atoms with E-state index in [4.69, 9.17) is 11.6 Å². The number of aliphatic hydroxyl groups excluding tert-OH is 1. The Bertz CT molecular complexity index is 533. The van der Waals surface area contributed by atoms with Crippen molar-refractivity contribution in [3.05, 3.63) is 62.7 Å². The molecule has 0 aliphatic rings. The highest BCUT2D eigenvalue weighted by molar-refractivity contribution is 14.1. The van der Waals surface area contributed by atoms with E-state index in [0.29, 0.717) is 11.6 Å². The minimum absolute atomic E-state index is 0.434. The zero-order chi connectivity index (χ0) is 13.0. The highest BCUT2D eigenvalue weighted by atomic mass is 127. The number of halogens is 2. The number of hydrogen-bond acceptors (Lipinski definition) is 2. The largest absolute Gasteiger partial charge is 0.387 e. The molecule has 18 heavy (non-hydrogen) atoms. The lowest BCUT2D eigenvalue weighted by atomic mass is 10.1. The lowest BCUT2D eigenvalue weighted by Gasteiger charge is -2.15. The topological polar surface area (TPSA) is 32.3 Å². The van der Waals surface area contributed by atoms with Gasteiger partial charge < -0.3 is 10.4 Å². The fraction of sp³-hybridized carbons (Fsp3) is 0.143. The predicted octanol–water partition coefficient (Wildman–Crippen LogP) is 4.09. The van der Waals surface area contributed by atoms with Crippen LogP contribution in [0.2, 0.25) is 5.02 Å². The summed E-state index contributed by atoms with van der Waals surface area (Å²) in [5.41, 5.74) is 1.77. The zero-order valence-electron chi connectivity index (χ0n) is 9.61. The van der Waals surface area contributed by atoms with Gasteiger partial charge in [0, 0.05) is 26.4 Å². The molecule has 1 unspecified atom stereocenters. The minimum Gasteiger partial charge on any atom is -0.387 e. The Balaban J connectivity index is 2.03. The fourth-order valence-electron chi connectivity index (χ4n) is 1.67. The van der Waals surface area contributed by atoms with E-state index >= 15 is 0 Å². The lowest BCUT2D eigenvalue weighted by Crippen LogP contribution is -2.13. The molecule has 2 N–H and O–H groups in total. The highest BCUT2D eigenvalue weighted by Gasteiger charge is 2.11. The number of para-hydroxylation sites is 1. The van der Waals surface area contributed by atoms with E-state index in [-0.39, 0.29) is 0 Å². The van der Waals surface area contributed by atoms with Crippen LogP contribution in [0.4, 0.5) is 5.69 Å². The quantitative estimate of drug-likeness (QED) is 0.791. The molecule has 94 valence electrons. The summed E-state index contributed by atoms with van der Waals surface area (Å²) in [6.07, 6.45) is -0.616. The first-order valence-electron chi connectivity index (χ1n) is 5.59. The summed E-state index contributed by atoms with van der Waals surface area (Å²) in [5.74, 6) is 0. The van der Waals surface area contributed by atoms with E-state index < -0.39 is 6.10 Å². The van der Waals surface area contributed by atoms with Gasteiger partial charge in [-0.2, -0.15) is 0 Å². The lowest BCUT2D eigenvalue weighted by molar-refractivity contribution is 0.191. The Morgan fingerprint density at radius 1 is 1.11 bits per heavy atom. The Hall–Kier alpha value is -0.780. The molecule has 0 radical (unpaired) electrons. The van der Waals surface area contributed by atoms with E-state index in [1.807, 2.05) is 42.5 Å². The number of hydrogen-bond donors (Lipinski definition) is 2. The Labute approximate surface area is 125 Å². The molecule has 0 fully saturated rings. The molecule has 0 bridgehead atoms. The maximum Gasteiger partial charge on any atom is 0.0976 e. The van der Waals surface area contributed by atoms with Crippen molar-refractivity contribution in [2.45, 2.75) is 6.10 Å². The van der Waals surface area contributed by atoms with Crippen molar-refractivity contribution in [1.82, 2.24) is 0 Å². The van der Waals surface area contributed by atoms with Gasteiger partial charge in [0.2, 0.25) is 0 Å². The molecule has 0 spiro atoms. The standard InChI is InChI=1S/C14H13ClINO/c15-11-6-2-1-5-10(11)14(18)9-17-13-8-4-3-7-12(13)16/h1-8,14,17-18H,9H2. The van der Waals surface area contributed by atoms with Crippen molar-refractivity contribution >= 4 is 39.9 Å². The highest BCUT2D eigenvalue weighted by Crippen LogP contribution is 2.24. The van der Waals surface area contributed by atoms with E-state index in [0.717, 1.165) is 14.8 Å². The normalized spacial score (nSPS) is 12.2. The summed E-state index contributed by atoms with van der Waals surface area (Å²) in [6, 6.07) is 15.3. The van der Waals surface area contributed by atoms with Crippen molar-refractivity contribution in [3.8, 4) is 0 Å². The van der Waals surface area contributed by atoms with Crippen molar-refractivity contribution in [2.24, 2.45) is 0 Å². The second-order valence-corrected chi connectivity index (χ2v) is 5.47. The SMILES string of the molecule is OC(CNc1ccccc1I)c1ccccc1Cl. The van der Waals surface area contributed by atoms with Crippen molar-refractivity contribution < 1.29 is 5.11 Å². The Morgan fingerprint density at radius 3 is 2.50 bits per heavy atom. The summed E-state index contributed by atoms with van der Waals surface area (Å²) in [7, 11) is 0. The van der Waals surface area contributed by atoms with Gasteiger partial charge in [0.1, 0.15) is 0 Å². The average molecular weight is 374 g/mol. The molecule has 2 rings (SSSR count). The Morgan fingerprint density at radius 2 is 1.78 bits per heavy atom. The second kappa shape index (κ2) is 6.41. The zero-order valence-corrected chi connectivity index (χ0v) is 12.5. The molecular formula is C14H13ClINO. The van der Waals surface area contributed by atoms with Crippen LogP contribution in [0.3, 0.4) is 0 Å². The van der Waals surface area contributed by atoms with Crippen LogP contribution >= 0.6 is 34.2 Å². The number of rotatable bonds is 4. The number of anilines is 1. The third-order valence-corrected chi connectivity index (χ3v) is 3.91. The van der Waals surface area contributed by atoms with Gasteiger partial charge in [-0.15, -0.1) is 0 Å². The summed E-state index contributed by atoms with van der Waals surface area (Å²) in [5, 5.41) is 13.9. The van der Waals surface area contributed by atoms with Crippen LogP contribution in [0.15, 0.2) is 48.5 Å². The van der Waals surface area contributed by atoms with Gasteiger partial charge >= 0.3 is 0 Å². The monoisotopic (exact) mass is 373 g/mol. The van der Waals surface area contributed by atoms with E-state index in [1.165, 1.54) is 0 Å². The smallest absolute Gasteiger partial charge is 0.0976 e. The molecule has 0 saturated carbocycles. The van der Waals surface area contributed by atoms with E-state index in [2.05, 4.69) is 27.9 Å². The summed E-state index contributed by atoms with van der Waals surface area (Å²) < 4.78 is 1.13. The van der Waals surface area contributed by atoms with Crippen LogP contribution in [-0.2, 0) is 0 Å². The molecular weight excluding hydrogens is 361 g/mol. The maximum atomic E-state index is 10.1. The number of aliphatic hydroxyl groups is 1. The molecule has 0 heterocycles. The molecule has 0 amide bonds. The van der Waals surface area contributed by atoms with Gasteiger partial charge in [-0.05, 0) is 40.8 Å². The third kappa shape index (κ3) is 3.37. The first-order valence-corrected chi connectivity index (χ1v) is 7.05. The molecule has 2 nitrogen and oxygen atoms in total. The van der Waals surface area contributed by atoms with Gasteiger partial charge in [0.15, 0.2) is 0 Å². The molecule has 0 aliphatic carbocycles. The minimum atomic E-state index is -0.616. The van der Waals surface area contributed by atoms with Crippen LogP contribution in [0.1, 0.15) is 11.7 Å². The molecule has 2 aromatic rings. The van der Waals surface area contributed by atoms with Crippen molar-refractivity contribution in [3.63, 3.8) is 0 Å². The van der Waals surface area contributed by atoms with Gasteiger partial charge in [0.05, 0.1) is 6.10 Å². The van der Waals surface area contributed by atoms with Gasteiger partial charge in [0.25, 0.3) is 0 Å². The van der Waals surface area contributed by atoms with Gasteiger partial charge in [-0.3, -0.25) is 0 Å². The van der Waals surface area contributed by atoms with Crippen LogP contribution in [0.25, 0.3) is 0 Å². The second-order valence-electron chi connectivity index (χ2n) is 3.90. The molecule has 2 aromatic carbocycles. The average Bonchev–Trinajstić information content (AvgIpc) is 2.38. The van der Waals surface area contributed by atoms with Crippen molar-refractivity contribution in [1.29, 1.82) is 0 Å². The van der Waals surface area contributed by atoms with Crippen LogP contribution < -0.4 is 5.32 Å². The van der Waals surface area contributed by atoms with E-state index in [9.17, 15) is 5.11 Å². The van der Waals surface area contributed by atoms with Crippen LogP contribution in [0, 0.1) is 3.57 Å². The van der Waals surface area contributed by atoms with Crippen LogP contribution in [-0.4, -0.2) is 11.7 Å². The molecule has 0 aliphatic heterocycles.